The van der Waals surface area contributed by atoms with Gasteiger partial charge in [-0.15, -0.1) is 0 Å². The van der Waals surface area contributed by atoms with Crippen LogP contribution in [0.25, 0.3) is 0 Å². The van der Waals surface area contributed by atoms with Gasteiger partial charge in [-0.2, -0.15) is 0 Å². The van der Waals surface area contributed by atoms with E-state index in [4.69, 9.17) is 0 Å². The molecule has 2 amide bonds. The van der Waals surface area contributed by atoms with E-state index in [2.05, 4.69) is 0 Å². The number of amides is 2. The molecule has 0 saturated carbocycles. The van der Waals surface area contributed by atoms with Crippen molar-refractivity contribution in [2.24, 2.45) is 0 Å². The number of piperazine rings is 1. The fraction of sp³-hybridized carbons (Fsp3) is 0.333. The Kier molecular flexibility index (Phi) is 5.17. The molecule has 0 spiro atoms. The summed E-state index contributed by atoms with van der Waals surface area (Å²) >= 11 is 0. The average molecular weight is 336 g/mol. The van der Waals surface area contributed by atoms with Crippen molar-refractivity contribution in [2.75, 3.05) is 19.6 Å². The van der Waals surface area contributed by atoms with E-state index in [1.165, 1.54) is 0 Å². The molecular formula is C21H24N2O2. The van der Waals surface area contributed by atoms with Gasteiger partial charge in [0.1, 0.15) is 0 Å². The van der Waals surface area contributed by atoms with Crippen molar-refractivity contribution in [3.05, 3.63) is 71.3 Å². The smallest absolute Gasteiger partial charge is 0.227 e. The molecule has 2 aromatic rings. The van der Waals surface area contributed by atoms with Gasteiger partial charge < -0.3 is 9.80 Å². The van der Waals surface area contributed by atoms with E-state index < -0.39 is 0 Å². The third-order valence-corrected chi connectivity index (χ3v) is 4.93. The molecule has 0 N–H and O–H groups in total. The maximum Gasteiger partial charge on any atom is 0.227 e. The summed E-state index contributed by atoms with van der Waals surface area (Å²) in [4.78, 5) is 28.6. The Morgan fingerprint density at radius 3 is 2.36 bits per heavy atom. The number of carbonyl (C=O) groups excluding carboxylic acids is 2. The number of hydrogen-bond acceptors (Lipinski definition) is 2. The van der Waals surface area contributed by atoms with Gasteiger partial charge in [0.05, 0.1) is 12.5 Å². The summed E-state index contributed by atoms with van der Waals surface area (Å²) < 4.78 is 0. The Hall–Kier alpha value is -2.62. The lowest BCUT2D eigenvalue weighted by molar-refractivity contribution is -0.141. The van der Waals surface area contributed by atoms with Crippen molar-refractivity contribution < 1.29 is 9.59 Å². The molecule has 1 atom stereocenters. The number of rotatable bonds is 3. The van der Waals surface area contributed by atoms with Gasteiger partial charge in [0.25, 0.3) is 0 Å². The van der Waals surface area contributed by atoms with Gasteiger partial charge in [0.2, 0.25) is 11.8 Å². The van der Waals surface area contributed by atoms with Crippen LogP contribution in [0.5, 0.6) is 0 Å². The predicted octanol–water partition coefficient (Wildman–Crippen LogP) is 2.97. The minimum atomic E-state index is -0.0876. The molecule has 0 radical (unpaired) electrons. The van der Waals surface area contributed by atoms with Crippen molar-refractivity contribution >= 4 is 11.8 Å². The summed E-state index contributed by atoms with van der Waals surface area (Å²) in [6.45, 7) is 5.35. The van der Waals surface area contributed by atoms with Gasteiger partial charge in [-0.1, -0.05) is 54.6 Å². The van der Waals surface area contributed by atoms with Gasteiger partial charge in [-0.3, -0.25) is 9.59 Å². The SMILES string of the molecule is CC(=O)N1CCN(C(=O)Cc2ccccc2C)[C@@H](c2ccccc2)C1. The van der Waals surface area contributed by atoms with E-state index in [1.54, 1.807) is 6.92 Å². The Morgan fingerprint density at radius 1 is 1.00 bits per heavy atom. The summed E-state index contributed by atoms with van der Waals surface area (Å²) in [6.07, 6.45) is 0.399. The van der Waals surface area contributed by atoms with Crippen LogP contribution in [0.3, 0.4) is 0 Å². The van der Waals surface area contributed by atoms with Crippen LogP contribution in [0.15, 0.2) is 54.6 Å². The second-order valence-corrected chi connectivity index (χ2v) is 6.58. The average Bonchev–Trinajstić information content (AvgIpc) is 2.63. The van der Waals surface area contributed by atoms with Gasteiger partial charge in [-0.25, -0.2) is 0 Å². The molecule has 1 aliphatic heterocycles. The predicted molar refractivity (Wildman–Crippen MR) is 98.0 cm³/mol. The van der Waals surface area contributed by atoms with Crippen LogP contribution in [0.4, 0.5) is 0 Å². The molecule has 0 aromatic heterocycles. The maximum atomic E-state index is 13.0. The molecule has 0 aliphatic carbocycles. The molecule has 4 nitrogen and oxygen atoms in total. The molecular weight excluding hydrogens is 312 g/mol. The van der Waals surface area contributed by atoms with Crippen LogP contribution in [0, 0.1) is 6.92 Å². The van der Waals surface area contributed by atoms with Crippen LogP contribution in [-0.4, -0.2) is 41.2 Å². The summed E-state index contributed by atoms with van der Waals surface area (Å²) in [5.74, 6) is 0.179. The highest BCUT2D eigenvalue weighted by atomic mass is 16.2. The van der Waals surface area contributed by atoms with Crippen molar-refractivity contribution in [3.8, 4) is 0 Å². The summed E-state index contributed by atoms with van der Waals surface area (Å²) in [5, 5.41) is 0. The highest BCUT2D eigenvalue weighted by molar-refractivity contribution is 5.80. The first kappa shape index (κ1) is 17.2. The van der Waals surface area contributed by atoms with Crippen LogP contribution < -0.4 is 0 Å². The van der Waals surface area contributed by atoms with E-state index >= 15 is 0 Å². The molecule has 1 saturated heterocycles. The van der Waals surface area contributed by atoms with Gasteiger partial charge >= 0.3 is 0 Å². The van der Waals surface area contributed by atoms with Crippen LogP contribution in [0.1, 0.15) is 29.7 Å². The van der Waals surface area contributed by atoms with Gasteiger partial charge in [0.15, 0.2) is 0 Å². The van der Waals surface area contributed by atoms with Crippen LogP contribution >= 0.6 is 0 Å². The van der Waals surface area contributed by atoms with Crippen molar-refractivity contribution in [2.45, 2.75) is 26.3 Å². The molecule has 3 rings (SSSR count). The maximum absolute atomic E-state index is 13.0. The first-order chi connectivity index (χ1) is 12.1. The lowest BCUT2D eigenvalue weighted by Gasteiger charge is -2.41. The molecule has 130 valence electrons. The van der Waals surface area contributed by atoms with E-state index in [0.717, 1.165) is 16.7 Å². The second-order valence-electron chi connectivity index (χ2n) is 6.58. The van der Waals surface area contributed by atoms with Gasteiger partial charge in [-0.05, 0) is 23.6 Å². The minimum absolute atomic E-state index is 0.0620. The van der Waals surface area contributed by atoms with Gasteiger partial charge in [0, 0.05) is 26.6 Å². The fourth-order valence-corrected chi connectivity index (χ4v) is 3.40. The largest absolute Gasteiger partial charge is 0.339 e. The third kappa shape index (κ3) is 3.90. The summed E-state index contributed by atoms with van der Waals surface area (Å²) in [6, 6.07) is 17.9. The Labute approximate surface area is 149 Å². The third-order valence-electron chi connectivity index (χ3n) is 4.93. The van der Waals surface area contributed by atoms with Crippen molar-refractivity contribution in [1.29, 1.82) is 0 Å². The summed E-state index contributed by atoms with van der Waals surface area (Å²) in [7, 11) is 0. The zero-order chi connectivity index (χ0) is 17.8. The number of aryl methyl sites for hydroxylation is 1. The molecule has 1 aliphatic rings. The van der Waals surface area contributed by atoms with Crippen LogP contribution in [-0.2, 0) is 16.0 Å². The standard InChI is InChI=1S/C21H24N2O2/c1-16-8-6-7-11-19(16)14-21(25)23-13-12-22(17(2)24)15-20(23)18-9-4-3-5-10-18/h3-11,20H,12-15H2,1-2H3/t20-/m1/s1. The minimum Gasteiger partial charge on any atom is -0.339 e. The fourth-order valence-electron chi connectivity index (χ4n) is 3.40. The van der Waals surface area contributed by atoms with E-state index in [9.17, 15) is 9.59 Å². The van der Waals surface area contributed by atoms with E-state index in [1.807, 2.05) is 71.3 Å². The van der Waals surface area contributed by atoms with Crippen molar-refractivity contribution in [1.82, 2.24) is 9.80 Å². The highest BCUT2D eigenvalue weighted by Crippen LogP contribution is 2.26. The van der Waals surface area contributed by atoms with Crippen molar-refractivity contribution in [3.63, 3.8) is 0 Å². The number of nitrogens with zero attached hydrogens (tertiary/aromatic N) is 2. The Balaban J connectivity index is 1.83. The Bertz CT molecular complexity index is 758. The molecule has 2 aromatic carbocycles. The zero-order valence-electron chi connectivity index (χ0n) is 14.8. The lowest BCUT2D eigenvalue weighted by Crippen LogP contribution is -2.52. The normalized spacial score (nSPS) is 17.4. The lowest BCUT2D eigenvalue weighted by atomic mass is 10.00. The monoisotopic (exact) mass is 336 g/mol. The van der Waals surface area contributed by atoms with Crippen LogP contribution in [0.2, 0.25) is 0 Å². The molecule has 25 heavy (non-hydrogen) atoms. The van der Waals surface area contributed by atoms with E-state index in [0.29, 0.717) is 26.1 Å². The number of benzene rings is 2. The second kappa shape index (κ2) is 7.51. The topological polar surface area (TPSA) is 40.6 Å². The molecule has 1 fully saturated rings. The number of carbonyl (C=O) groups is 2. The molecule has 1 heterocycles. The first-order valence-electron chi connectivity index (χ1n) is 8.70. The summed E-state index contributed by atoms with van der Waals surface area (Å²) in [5.41, 5.74) is 3.27. The number of hydrogen-bond donors (Lipinski definition) is 0. The first-order valence-corrected chi connectivity index (χ1v) is 8.70. The molecule has 4 heteroatoms. The quantitative estimate of drug-likeness (QED) is 0.864. The Morgan fingerprint density at radius 2 is 1.68 bits per heavy atom. The zero-order valence-corrected chi connectivity index (χ0v) is 14.8. The molecule has 0 unspecified atom stereocenters. The molecule has 0 bridgehead atoms. The highest BCUT2D eigenvalue weighted by Gasteiger charge is 2.32. The van der Waals surface area contributed by atoms with E-state index in [-0.39, 0.29) is 17.9 Å².